The lowest BCUT2D eigenvalue weighted by Crippen LogP contribution is -2.15. The number of hydrogen-bond donors (Lipinski definition) is 1. The van der Waals surface area contributed by atoms with Gasteiger partial charge in [-0.25, -0.2) is 4.98 Å². The van der Waals surface area contributed by atoms with Crippen LogP contribution in [0, 0.1) is 0 Å². The lowest BCUT2D eigenvalue weighted by molar-refractivity contribution is -0.136. The van der Waals surface area contributed by atoms with Gasteiger partial charge in [-0.2, -0.15) is 0 Å². The lowest BCUT2D eigenvalue weighted by Gasteiger charge is -2.18. The Kier molecular flexibility index (Phi) is 4.10. The number of aliphatic carboxylic acids is 1. The van der Waals surface area contributed by atoms with Crippen LogP contribution in [0.3, 0.4) is 0 Å². The first-order valence-electron chi connectivity index (χ1n) is 7.47. The fourth-order valence-corrected chi connectivity index (χ4v) is 3.59. The molecule has 1 aliphatic heterocycles. The molecule has 0 unspecified atom stereocenters. The Morgan fingerprint density at radius 1 is 1.20 bits per heavy atom. The maximum absolute atomic E-state index is 11.2. The summed E-state index contributed by atoms with van der Waals surface area (Å²) in [6.45, 7) is 0.989. The lowest BCUT2D eigenvalue weighted by atomic mass is 10.2. The van der Waals surface area contributed by atoms with E-state index in [9.17, 15) is 4.79 Å². The summed E-state index contributed by atoms with van der Waals surface area (Å²) in [4.78, 5) is 16.3. The Morgan fingerprint density at radius 2 is 2.00 bits per heavy atom. The Balaban J connectivity index is 1.77. The summed E-state index contributed by atoms with van der Waals surface area (Å²) < 4.78 is 17.5. The van der Waals surface area contributed by atoms with Gasteiger partial charge < -0.3 is 19.0 Å². The van der Waals surface area contributed by atoms with Crippen molar-refractivity contribution in [2.45, 2.75) is 6.42 Å². The highest BCUT2D eigenvalue weighted by atomic mass is 35.5. The van der Waals surface area contributed by atoms with E-state index < -0.39 is 5.97 Å². The molecular weight excluding hydrogens is 366 g/mol. The standard InChI is InChI=1S/C17H12ClNO5S/c18-14-4-3-13(25-14)16-10(8-15(20)21)19-17(24-16)9-1-2-11-12(7-9)23-6-5-22-11/h1-4,7H,5-6,8H2,(H,20,21). The molecule has 128 valence electrons. The van der Waals surface area contributed by atoms with Gasteiger partial charge in [0.15, 0.2) is 17.3 Å². The number of hydrogen-bond acceptors (Lipinski definition) is 6. The Labute approximate surface area is 151 Å². The fourth-order valence-electron chi connectivity index (χ4n) is 2.54. The third-order valence-electron chi connectivity index (χ3n) is 3.60. The van der Waals surface area contributed by atoms with Gasteiger partial charge in [0.25, 0.3) is 0 Å². The van der Waals surface area contributed by atoms with Gasteiger partial charge in [0.05, 0.1) is 21.3 Å². The van der Waals surface area contributed by atoms with E-state index in [2.05, 4.69) is 4.98 Å². The van der Waals surface area contributed by atoms with E-state index in [-0.39, 0.29) is 6.42 Å². The Morgan fingerprint density at radius 3 is 2.72 bits per heavy atom. The summed E-state index contributed by atoms with van der Waals surface area (Å²) >= 11 is 7.29. The zero-order valence-corrected chi connectivity index (χ0v) is 14.4. The van der Waals surface area contributed by atoms with Gasteiger partial charge in [0.2, 0.25) is 5.89 Å². The first kappa shape index (κ1) is 16.0. The molecule has 0 bridgehead atoms. The highest BCUT2D eigenvalue weighted by Gasteiger charge is 2.21. The van der Waals surface area contributed by atoms with E-state index in [1.165, 1.54) is 11.3 Å². The largest absolute Gasteiger partial charge is 0.486 e. The number of aromatic nitrogens is 1. The molecule has 1 aromatic carbocycles. The molecule has 0 radical (unpaired) electrons. The zero-order valence-electron chi connectivity index (χ0n) is 12.8. The molecule has 1 aliphatic rings. The van der Waals surface area contributed by atoms with Crippen LogP contribution in [0.2, 0.25) is 4.34 Å². The number of carboxylic acids is 1. The van der Waals surface area contributed by atoms with Crippen molar-refractivity contribution in [3.8, 4) is 33.6 Å². The molecule has 3 aromatic rings. The van der Waals surface area contributed by atoms with Gasteiger partial charge in [-0.05, 0) is 30.3 Å². The number of carboxylic acid groups (broad SMARTS) is 1. The normalized spacial score (nSPS) is 13.0. The summed E-state index contributed by atoms with van der Waals surface area (Å²) in [6, 6.07) is 8.88. The van der Waals surface area contributed by atoms with Gasteiger partial charge >= 0.3 is 5.97 Å². The molecule has 0 spiro atoms. The second kappa shape index (κ2) is 6.42. The summed E-state index contributed by atoms with van der Waals surface area (Å²) in [7, 11) is 0. The van der Waals surface area contributed by atoms with Crippen molar-refractivity contribution >= 4 is 28.9 Å². The molecular formula is C17H12ClNO5S. The molecule has 0 aliphatic carbocycles. The SMILES string of the molecule is O=C(O)Cc1nc(-c2ccc3c(c2)OCCO3)oc1-c1ccc(Cl)s1. The topological polar surface area (TPSA) is 81.8 Å². The van der Waals surface area contributed by atoms with Crippen LogP contribution in [0.25, 0.3) is 22.1 Å². The molecule has 0 fully saturated rings. The van der Waals surface area contributed by atoms with Crippen molar-refractivity contribution in [1.29, 1.82) is 0 Å². The quantitative estimate of drug-likeness (QED) is 0.736. The molecule has 8 heteroatoms. The highest BCUT2D eigenvalue weighted by molar-refractivity contribution is 7.19. The first-order chi connectivity index (χ1) is 12.1. The zero-order chi connectivity index (χ0) is 17.4. The molecule has 0 amide bonds. The number of benzene rings is 1. The molecule has 25 heavy (non-hydrogen) atoms. The van der Waals surface area contributed by atoms with Crippen LogP contribution in [-0.2, 0) is 11.2 Å². The van der Waals surface area contributed by atoms with Crippen molar-refractivity contribution < 1.29 is 23.8 Å². The van der Waals surface area contributed by atoms with Crippen LogP contribution >= 0.6 is 22.9 Å². The molecule has 3 heterocycles. The first-order valence-corrected chi connectivity index (χ1v) is 8.67. The second-order valence-electron chi connectivity index (χ2n) is 5.33. The Hall–Kier alpha value is -2.51. The predicted molar refractivity (Wildman–Crippen MR) is 92.6 cm³/mol. The van der Waals surface area contributed by atoms with Gasteiger partial charge in [-0.3, -0.25) is 4.79 Å². The van der Waals surface area contributed by atoms with Crippen LogP contribution < -0.4 is 9.47 Å². The van der Waals surface area contributed by atoms with E-state index in [0.29, 0.717) is 52.0 Å². The molecule has 0 saturated carbocycles. The van der Waals surface area contributed by atoms with E-state index in [0.717, 1.165) is 4.88 Å². The number of nitrogens with zero attached hydrogens (tertiary/aromatic N) is 1. The van der Waals surface area contributed by atoms with Crippen LogP contribution in [0.1, 0.15) is 5.69 Å². The van der Waals surface area contributed by atoms with Gasteiger partial charge in [0, 0.05) is 5.56 Å². The highest BCUT2D eigenvalue weighted by Crippen LogP contribution is 2.38. The van der Waals surface area contributed by atoms with Crippen molar-refractivity contribution in [2.75, 3.05) is 13.2 Å². The van der Waals surface area contributed by atoms with Crippen LogP contribution in [-0.4, -0.2) is 29.3 Å². The average molecular weight is 378 g/mol. The number of fused-ring (bicyclic) bond motifs is 1. The van der Waals surface area contributed by atoms with Crippen LogP contribution in [0.15, 0.2) is 34.7 Å². The maximum Gasteiger partial charge on any atom is 0.309 e. The summed E-state index contributed by atoms with van der Waals surface area (Å²) in [5.41, 5.74) is 1.04. The van der Waals surface area contributed by atoms with Gasteiger partial charge in [-0.1, -0.05) is 11.6 Å². The minimum absolute atomic E-state index is 0.237. The molecule has 4 rings (SSSR count). The van der Waals surface area contributed by atoms with Crippen molar-refractivity contribution in [3.63, 3.8) is 0 Å². The number of halogens is 1. The monoisotopic (exact) mass is 377 g/mol. The van der Waals surface area contributed by atoms with Crippen LogP contribution in [0.5, 0.6) is 11.5 Å². The van der Waals surface area contributed by atoms with Crippen LogP contribution in [0.4, 0.5) is 0 Å². The second-order valence-corrected chi connectivity index (χ2v) is 7.04. The van der Waals surface area contributed by atoms with E-state index in [1.807, 2.05) is 0 Å². The smallest absolute Gasteiger partial charge is 0.309 e. The maximum atomic E-state index is 11.2. The summed E-state index contributed by atoms with van der Waals surface area (Å²) in [5.74, 6) is 1.04. The number of oxazole rings is 1. The van der Waals surface area contributed by atoms with E-state index in [1.54, 1.807) is 30.3 Å². The fraction of sp³-hybridized carbons (Fsp3) is 0.176. The number of ether oxygens (including phenoxy) is 2. The Bertz CT molecular complexity index is 948. The third-order valence-corrected chi connectivity index (χ3v) is 4.83. The minimum Gasteiger partial charge on any atom is -0.486 e. The number of carbonyl (C=O) groups is 1. The number of thiophene rings is 1. The molecule has 2 aromatic heterocycles. The molecule has 0 saturated heterocycles. The summed E-state index contributed by atoms with van der Waals surface area (Å²) in [6.07, 6.45) is -0.237. The van der Waals surface area contributed by atoms with Crippen molar-refractivity contribution in [1.82, 2.24) is 4.98 Å². The van der Waals surface area contributed by atoms with E-state index in [4.69, 9.17) is 30.6 Å². The van der Waals surface area contributed by atoms with Crippen molar-refractivity contribution in [2.24, 2.45) is 0 Å². The van der Waals surface area contributed by atoms with Gasteiger partial charge in [0.1, 0.15) is 13.2 Å². The minimum atomic E-state index is -0.981. The third kappa shape index (κ3) is 3.20. The van der Waals surface area contributed by atoms with Crippen molar-refractivity contribution in [3.05, 3.63) is 40.4 Å². The summed E-state index contributed by atoms with van der Waals surface area (Å²) in [5, 5.41) is 9.14. The van der Waals surface area contributed by atoms with Gasteiger partial charge in [-0.15, -0.1) is 11.3 Å². The molecule has 0 atom stereocenters. The van der Waals surface area contributed by atoms with E-state index >= 15 is 0 Å². The number of rotatable bonds is 4. The molecule has 1 N–H and O–H groups in total. The predicted octanol–water partition coefficient (Wildman–Crippen LogP) is 4.12. The average Bonchev–Trinajstić information content (AvgIpc) is 3.20. The molecule has 6 nitrogen and oxygen atoms in total.